The Bertz CT molecular complexity index is 1070. The summed E-state index contributed by atoms with van der Waals surface area (Å²) in [6.07, 6.45) is 3.83. The Kier molecular flexibility index (Phi) is 16.4. The van der Waals surface area contributed by atoms with E-state index in [1.165, 1.54) is 11.1 Å². The zero-order valence-electron chi connectivity index (χ0n) is 17.7. The summed E-state index contributed by atoms with van der Waals surface area (Å²) in [4.78, 5) is 22.3. The smallest absolute Gasteiger partial charge is 0.335 e. The van der Waals surface area contributed by atoms with Crippen molar-refractivity contribution in [2.24, 2.45) is 0 Å². The first-order chi connectivity index (χ1) is 15.6. The van der Waals surface area contributed by atoms with Crippen molar-refractivity contribution in [1.82, 2.24) is 0 Å². The van der Waals surface area contributed by atoms with Crippen molar-refractivity contribution < 1.29 is 23.8 Å². The van der Waals surface area contributed by atoms with Gasteiger partial charge >= 0.3 is 11.9 Å². The fourth-order valence-electron chi connectivity index (χ4n) is 3.00. The maximum atomic E-state index is 11.2. The van der Waals surface area contributed by atoms with E-state index in [1.54, 1.807) is 12.1 Å². The van der Waals surface area contributed by atoms with Gasteiger partial charge < -0.3 is 14.2 Å². The molecule has 0 aliphatic carbocycles. The molecule has 5 nitrogen and oxygen atoms in total. The SMILES string of the molecule is C.C.C.C.C=CC(=O)OCOc1ccc(Cc2ccc(Cc3ccc(OC(=O)C=C)cc3)cc2)cc1. The molecule has 0 aliphatic heterocycles. The molecule has 3 aromatic rings. The standard InChI is InChI=1S/C27H24O5.4CH4/c1-3-26(28)31-19-30-24-13-9-22(10-14-24)17-20-5-7-21(8-6-20)18-23-11-15-25(16-12-23)32-27(29)4-2;;;;/h3-16H,1-2,17-19H2;4*1H4. The predicted octanol–water partition coefficient (Wildman–Crippen LogP) is 7.57. The van der Waals surface area contributed by atoms with E-state index in [0.29, 0.717) is 11.5 Å². The highest BCUT2D eigenvalue weighted by Crippen LogP contribution is 2.18. The van der Waals surface area contributed by atoms with Crippen LogP contribution in [0.3, 0.4) is 0 Å². The van der Waals surface area contributed by atoms with Crippen LogP contribution in [-0.4, -0.2) is 18.7 Å². The number of hydrogen-bond acceptors (Lipinski definition) is 5. The van der Waals surface area contributed by atoms with Gasteiger partial charge in [0.05, 0.1) is 0 Å². The van der Waals surface area contributed by atoms with Gasteiger partial charge in [0.2, 0.25) is 6.79 Å². The van der Waals surface area contributed by atoms with Crippen molar-refractivity contribution in [2.45, 2.75) is 42.5 Å². The Morgan fingerprint density at radius 1 is 0.583 bits per heavy atom. The molecule has 0 radical (unpaired) electrons. The molecule has 0 spiro atoms. The fourth-order valence-corrected chi connectivity index (χ4v) is 3.00. The van der Waals surface area contributed by atoms with E-state index in [2.05, 4.69) is 37.4 Å². The number of esters is 2. The van der Waals surface area contributed by atoms with Crippen LogP contribution in [0.2, 0.25) is 0 Å². The van der Waals surface area contributed by atoms with Gasteiger partial charge in [0.1, 0.15) is 11.5 Å². The lowest BCUT2D eigenvalue weighted by Crippen LogP contribution is -2.07. The molecule has 0 saturated heterocycles. The van der Waals surface area contributed by atoms with Crippen molar-refractivity contribution in [3.05, 3.63) is 120 Å². The van der Waals surface area contributed by atoms with Crippen LogP contribution in [-0.2, 0) is 27.2 Å². The van der Waals surface area contributed by atoms with Gasteiger partial charge in [-0.25, -0.2) is 9.59 Å². The van der Waals surface area contributed by atoms with Gasteiger partial charge in [-0.2, -0.15) is 0 Å². The zero-order chi connectivity index (χ0) is 22.8. The molecule has 3 rings (SSSR count). The van der Waals surface area contributed by atoms with Gasteiger partial charge in [0.15, 0.2) is 0 Å². The number of carbonyl (C=O) groups excluding carboxylic acids is 2. The van der Waals surface area contributed by atoms with Crippen LogP contribution in [0.25, 0.3) is 0 Å². The Balaban J connectivity index is 0. The molecule has 0 saturated carbocycles. The zero-order valence-corrected chi connectivity index (χ0v) is 17.7. The van der Waals surface area contributed by atoms with Crippen molar-refractivity contribution in [3.8, 4) is 11.5 Å². The monoisotopic (exact) mass is 492 g/mol. The minimum Gasteiger partial charge on any atom is -0.457 e. The topological polar surface area (TPSA) is 61.8 Å². The average Bonchev–Trinajstić information content (AvgIpc) is 2.82. The van der Waals surface area contributed by atoms with E-state index in [0.717, 1.165) is 36.1 Å². The number of ether oxygens (including phenoxy) is 3. The Labute approximate surface area is 217 Å². The summed E-state index contributed by atoms with van der Waals surface area (Å²) in [7, 11) is 0. The summed E-state index contributed by atoms with van der Waals surface area (Å²) in [5, 5.41) is 0. The lowest BCUT2D eigenvalue weighted by atomic mass is 10.0. The van der Waals surface area contributed by atoms with Crippen LogP contribution >= 0.6 is 0 Å². The van der Waals surface area contributed by atoms with E-state index in [1.807, 2.05) is 36.4 Å². The molecule has 5 heteroatoms. The molecule has 36 heavy (non-hydrogen) atoms. The first-order valence-corrected chi connectivity index (χ1v) is 10.1. The minimum atomic E-state index is -0.517. The molecule has 0 N–H and O–H groups in total. The van der Waals surface area contributed by atoms with Crippen LogP contribution in [0.1, 0.15) is 52.0 Å². The molecule has 3 aromatic carbocycles. The molecule has 0 amide bonds. The third-order valence-corrected chi connectivity index (χ3v) is 4.66. The highest BCUT2D eigenvalue weighted by atomic mass is 16.7. The molecule has 0 bridgehead atoms. The van der Waals surface area contributed by atoms with Crippen molar-refractivity contribution in [2.75, 3.05) is 6.79 Å². The van der Waals surface area contributed by atoms with Crippen LogP contribution in [0.15, 0.2) is 98.1 Å². The summed E-state index contributed by atoms with van der Waals surface area (Å²) < 4.78 is 15.3. The Morgan fingerprint density at radius 2 is 0.944 bits per heavy atom. The fraction of sp³-hybridized carbons (Fsp3) is 0.226. The predicted molar refractivity (Wildman–Crippen MR) is 149 cm³/mol. The largest absolute Gasteiger partial charge is 0.457 e. The van der Waals surface area contributed by atoms with E-state index in [9.17, 15) is 9.59 Å². The first-order valence-electron chi connectivity index (χ1n) is 10.1. The van der Waals surface area contributed by atoms with Gasteiger partial charge in [0, 0.05) is 12.2 Å². The summed E-state index contributed by atoms with van der Waals surface area (Å²) in [5.74, 6) is 0.148. The second-order valence-electron chi connectivity index (χ2n) is 7.01. The van der Waals surface area contributed by atoms with Crippen LogP contribution in [0.5, 0.6) is 11.5 Å². The maximum absolute atomic E-state index is 11.2. The van der Waals surface area contributed by atoms with Gasteiger partial charge in [-0.05, 0) is 59.4 Å². The average molecular weight is 493 g/mol. The number of hydrogen-bond donors (Lipinski definition) is 0. The Hall–Kier alpha value is -4.12. The first kappa shape index (κ1) is 34.0. The summed E-state index contributed by atoms with van der Waals surface area (Å²) >= 11 is 0. The summed E-state index contributed by atoms with van der Waals surface area (Å²) in [5.41, 5.74) is 4.68. The third-order valence-electron chi connectivity index (χ3n) is 4.66. The van der Waals surface area contributed by atoms with Gasteiger partial charge in [-0.1, -0.05) is 91.4 Å². The molecule has 0 heterocycles. The molecule has 194 valence electrons. The lowest BCUT2D eigenvalue weighted by Gasteiger charge is -2.08. The minimum absolute atomic E-state index is 0. The molecular weight excluding hydrogens is 452 g/mol. The number of carbonyl (C=O) groups is 2. The number of rotatable bonds is 10. The van der Waals surface area contributed by atoms with Crippen molar-refractivity contribution in [1.29, 1.82) is 0 Å². The second-order valence-corrected chi connectivity index (χ2v) is 7.01. The van der Waals surface area contributed by atoms with Gasteiger partial charge in [-0.15, -0.1) is 0 Å². The van der Waals surface area contributed by atoms with Crippen LogP contribution in [0.4, 0.5) is 0 Å². The van der Waals surface area contributed by atoms with Crippen molar-refractivity contribution >= 4 is 11.9 Å². The highest BCUT2D eigenvalue weighted by molar-refractivity contribution is 5.83. The molecule has 0 fully saturated rings. The summed E-state index contributed by atoms with van der Waals surface area (Å²) in [6, 6.07) is 23.6. The van der Waals surface area contributed by atoms with Crippen LogP contribution in [0, 0.1) is 0 Å². The van der Waals surface area contributed by atoms with E-state index in [4.69, 9.17) is 14.2 Å². The highest BCUT2D eigenvalue weighted by Gasteiger charge is 2.03. The van der Waals surface area contributed by atoms with Crippen LogP contribution < -0.4 is 9.47 Å². The molecule has 0 unspecified atom stereocenters. The maximum Gasteiger partial charge on any atom is 0.335 e. The van der Waals surface area contributed by atoms with E-state index >= 15 is 0 Å². The molecule has 0 atom stereocenters. The quantitative estimate of drug-likeness (QED) is 0.126. The van der Waals surface area contributed by atoms with Gasteiger partial charge in [0.25, 0.3) is 0 Å². The van der Waals surface area contributed by atoms with Crippen molar-refractivity contribution in [3.63, 3.8) is 0 Å². The second kappa shape index (κ2) is 17.3. The molecule has 0 aromatic heterocycles. The molecule has 0 aliphatic rings. The van der Waals surface area contributed by atoms with Gasteiger partial charge in [-0.3, -0.25) is 0 Å². The molecular formula is C31H40O5. The van der Waals surface area contributed by atoms with E-state index < -0.39 is 11.9 Å². The summed E-state index contributed by atoms with van der Waals surface area (Å²) in [6.45, 7) is 6.57. The number of benzene rings is 3. The lowest BCUT2D eigenvalue weighted by molar-refractivity contribution is -0.144. The third kappa shape index (κ3) is 10.9. The Morgan fingerprint density at radius 3 is 1.33 bits per heavy atom. The normalized spacial score (nSPS) is 9.00. The van der Waals surface area contributed by atoms with E-state index in [-0.39, 0.29) is 36.5 Å².